The zero-order valence-electron chi connectivity index (χ0n) is 75.5. The van der Waals surface area contributed by atoms with Crippen molar-refractivity contribution in [2.24, 2.45) is 0 Å². The van der Waals surface area contributed by atoms with E-state index in [1.807, 2.05) is 0 Å². The van der Waals surface area contributed by atoms with Crippen molar-refractivity contribution in [1.29, 1.82) is 0 Å². The van der Waals surface area contributed by atoms with Crippen molar-refractivity contribution in [1.82, 2.24) is 0 Å². The van der Waals surface area contributed by atoms with Crippen molar-refractivity contribution in [3.05, 3.63) is 27.7 Å². The van der Waals surface area contributed by atoms with Crippen LogP contribution in [0.3, 0.4) is 0 Å². The number of aliphatic hydroxyl groups excluding tert-OH is 16. The van der Waals surface area contributed by atoms with Gasteiger partial charge in [-0.15, -0.1) is 23.0 Å². The summed E-state index contributed by atoms with van der Waals surface area (Å²) in [5.74, 6) is -7.50. The van der Waals surface area contributed by atoms with E-state index in [1.54, 1.807) is 0 Å². The summed E-state index contributed by atoms with van der Waals surface area (Å²) in [5, 5.41) is 240. The Morgan fingerprint density at radius 2 is 0.309 bits per heavy atom. The molecule has 16 bridgehead atoms. The molecule has 0 aliphatic carbocycles. The molecule has 30 aliphatic heterocycles. The SMILES string of the molecule is O=C=O.O=C=O.O=C=O.O=C=O.[CH2-]CSCC1O[C@@H]2O[C@@H]3C(CSCCC(=O)[O-])O[C@H](O[C@@H]4C(CSCCC(=O)[O-])O[C@H](O[C@@H]5C(CSCCC(=O)[O-])O[C@H](O[C@@H]6C(CSCCC(=O)[O-])O[C@H](O[C@@H]7C(CSC[CH2-])O[C@H](O[C@@H]8C(CSC[CH2-])O[C@@H](O[C@@H]9C(CSC[CH2-])O[C@H](O[C@H]1[C@H](O)C2O)C(O)[C@H]9O)C(O)[C@H]8O)C(O)[C@H]7O)[C@@H](O)C6O)C(O)[C@H]5O)C(O)[C@H]4O)C(O)[C@H]3O.[Na+].[Na+].[Na+].[Na+].[Na+].[Na+].[Na+].[Na+]. The number of carboxylic acid groups (broad SMARTS) is 4. The van der Waals surface area contributed by atoms with Crippen LogP contribution in [0, 0.1) is 27.7 Å². The topological polar surface area (TPSA) is 768 Å². The quantitative estimate of drug-likeness (QED) is 0.0169. The van der Waals surface area contributed by atoms with Crippen LogP contribution in [0.1, 0.15) is 25.7 Å². The Balaban J connectivity index is -0.00000413. The molecule has 136 heavy (non-hydrogen) atoms. The predicted molar refractivity (Wildman–Crippen MR) is 423 cm³/mol. The molecule has 40 atom stereocenters. The number of hydrogen-bond donors (Lipinski definition) is 16. The largest absolute Gasteiger partial charge is 1.00 e. The van der Waals surface area contributed by atoms with Gasteiger partial charge in [-0.2, -0.15) is 132 Å². The Morgan fingerprint density at radius 3 is 0.404 bits per heavy atom. The second kappa shape index (κ2) is 79.0. The van der Waals surface area contributed by atoms with Gasteiger partial charge in [-0.3, -0.25) is 0 Å². The van der Waals surface area contributed by atoms with Crippen LogP contribution in [-0.2, 0) is 133 Å². The Kier molecular flexibility index (Phi) is 85.4. The van der Waals surface area contributed by atoms with Crippen LogP contribution in [0.5, 0.6) is 0 Å². The number of rotatable bonds is 32. The first kappa shape index (κ1) is 147. The van der Waals surface area contributed by atoms with Crippen LogP contribution in [0.2, 0.25) is 0 Å². The van der Waals surface area contributed by atoms with E-state index < -0.39 is 295 Å². The van der Waals surface area contributed by atoms with Gasteiger partial charge in [-0.1, -0.05) is 0 Å². The molecule has 0 aromatic heterocycles. The van der Waals surface area contributed by atoms with Crippen LogP contribution in [-0.4, -0.2) is 468 Å². The molecule has 0 amide bonds. The summed E-state index contributed by atoms with van der Waals surface area (Å²) >= 11 is 8.17. The number of aliphatic hydroxyl groups is 16. The Labute approximate surface area is 992 Å². The zero-order chi connectivity index (χ0) is 95.3. The van der Waals surface area contributed by atoms with E-state index in [2.05, 4.69) is 27.7 Å². The third-order valence-electron chi connectivity index (χ3n) is 20.1. The van der Waals surface area contributed by atoms with E-state index in [4.69, 9.17) is 114 Å². The second-order valence-electron chi connectivity index (χ2n) is 28.4. The van der Waals surface area contributed by atoms with Crippen LogP contribution in [0.4, 0.5) is 0 Å². The standard InChI is InChI=1S/C68H108O40S8.4CO2.8Na/c1-5-109-17-25-53-38(78)46(86)62(94-25)103-55-27(19-111-7-3)96-64(48(88)40(55)80)105-57-29(21-113-13-9-33(69)70)98-66(50(90)42(57)82)107-59-31(23-115-15-11-35(73)74)100-68(52(92)44(59)84)108-60-32(24-116-16-12-36(75)76)99-67(51(91)43(60)83)106-58-30(22-114-14-10-34(71)72)97-65(49(89)41(58)81)104-56-28(20-112-8-4)95-63(47(87)39(56)79)102-54-26(18-110-6-2)93-61(101-53)45(85)37(54)77;4*2-1-3;;;;;;;;/h25-32,37-68,77-92H,1-24H2,(H,69,70)(H,71,72)(H,73,74)(H,75,76);;;;;;;;;;;;/q-4;;;;;8*+1/p-4/t25?,26?,27?,28?,29?,30?,31?,32?,37-,38-,39-,40-,41?,42-,43-,44-,45?,46?,47?,48?,49+,50?,51?,52?,53-,54-,55-,56-,57-,58-,59-,60-,61+,62-,63-,64-,65-,66-,67-,68-;;;;;;;;;;;;/m1............/s1. The predicted octanol–water partition coefficient (Wildman–Crippen LogP) is -37.9. The fourth-order valence-corrected chi connectivity index (χ4v) is 20.6. The summed E-state index contributed by atoms with van der Waals surface area (Å²) < 4.78 is 100. The van der Waals surface area contributed by atoms with Gasteiger partial charge in [-0.25, -0.2) is 0 Å². The number of ether oxygens (including phenoxy) is 16. The molecule has 0 aromatic rings. The van der Waals surface area contributed by atoms with Crippen LogP contribution in [0.25, 0.3) is 0 Å². The summed E-state index contributed by atoms with van der Waals surface area (Å²) in [5.41, 5.74) is 0. The van der Waals surface area contributed by atoms with Gasteiger partial charge in [0.2, 0.25) is 0 Å². The molecule has 0 radical (unpaired) electrons. The molecule has 736 valence electrons. The minimum atomic E-state index is -2.28. The second-order valence-corrected chi connectivity index (χ2v) is 37.6. The molecule has 30 heterocycles. The van der Waals surface area contributed by atoms with Crippen molar-refractivity contribution in [2.45, 2.75) is 271 Å². The molecular weight excluding hydrogens is 2070 g/mol. The first-order chi connectivity index (χ1) is 61.0. The molecule has 0 aromatic carbocycles. The molecular formula is C72H104Na8O48S8. The maximum atomic E-state index is 12.2. The number of carboxylic acids is 4. The maximum Gasteiger partial charge on any atom is 1.00 e. The van der Waals surface area contributed by atoms with Crippen molar-refractivity contribution in [3.63, 3.8) is 0 Å². The molecule has 30 saturated heterocycles. The van der Waals surface area contributed by atoms with Crippen LogP contribution in [0.15, 0.2) is 0 Å². The number of aliphatic carboxylic acids is 4. The normalized spacial score (nSPS) is 38.4. The zero-order valence-corrected chi connectivity index (χ0v) is 98.1. The summed E-state index contributed by atoms with van der Waals surface area (Å²) in [6.45, 7) is 15.4. The molecule has 16 N–H and O–H groups in total. The van der Waals surface area contributed by atoms with E-state index in [9.17, 15) is 121 Å². The molecule has 16 unspecified atom stereocenters. The fourth-order valence-electron chi connectivity index (χ4n) is 14.0. The van der Waals surface area contributed by atoms with E-state index in [0.717, 1.165) is 94.1 Å². The molecule has 30 aliphatic rings. The molecule has 30 rings (SSSR count). The van der Waals surface area contributed by atoms with Gasteiger partial charge in [0.15, 0.2) is 50.3 Å². The third kappa shape index (κ3) is 45.5. The van der Waals surface area contributed by atoms with E-state index >= 15 is 0 Å². The minimum Gasteiger partial charge on any atom is -0.550 e. The van der Waals surface area contributed by atoms with Crippen LogP contribution >= 0.6 is 94.1 Å². The average molecular weight is 2180 g/mol. The number of carbonyl (C=O) groups is 4. The van der Waals surface area contributed by atoms with Crippen molar-refractivity contribution in [3.8, 4) is 0 Å². The van der Waals surface area contributed by atoms with Gasteiger partial charge >= 0.3 is 261 Å². The van der Waals surface area contributed by atoms with Crippen molar-refractivity contribution in [2.75, 3.05) is 92.0 Å². The number of carbonyl (C=O) groups excluding carboxylic acids is 12. The van der Waals surface area contributed by atoms with Gasteiger partial charge < -0.3 is 225 Å². The van der Waals surface area contributed by atoms with Crippen LogP contribution < -0.4 is 257 Å². The fraction of sp³-hybridized carbons (Fsp3) is 0.833. The summed E-state index contributed by atoms with van der Waals surface area (Å²) in [4.78, 5) is 111. The van der Waals surface area contributed by atoms with Crippen molar-refractivity contribution >= 4 is 143 Å². The Morgan fingerprint density at radius 1 is 0.206 bits per heavy atom. The van der Waals surface area contributed by atoms with Crippen molar-refractivity contribution < 1.29 is 472 Å². The Bertz CT molecular complexity index is 3320. The van der Waals surface area contributed by atoms with Gasteiger partial charge in [0.25, 0.3) is 0 Å². The summed E-state index contributed by atoms with van der Waals surface area (Å²) in [6.07, 6.45) is -77.2. The third-order valence-corrected chi connectivity index (χ3v) is 27.7. The monoisotopic (exact) mass is 2180 g/mol. The van der Waals surface area contributed by atoms with Gasteiger partial charge in [-0.05, 0) is 48.7 Å². The first-order valence-corrected chi connectivity index (χ1v) is 48.1. The minimum absolute atomic E-state index is 0. The van der Waals surface area contributed by atoms with Gasteiger partial charge in [0.05, 0.1) is 48.8 Å². The van der Waals surface area contributed by atoms with E-state index in [-0.39, 0.29) is 353 Å². The molecule has 0 saturated carbocycles. The van der Waals surface area contributed by atoms with Gasteiger partial charge in [0.1, 0.15) is 146 Å². The molecule has 30 fully saturated rings. The number of thioether (sulfide) groups is 8. The summed E-state index contributed by atoms with van der Waals surface area (Å²) in [7, 11) is 0. The molecule has 0 spiro atoms. The van der Waals surface area contributed by atoms with E-state index in [1.165, 1.54) is 0 Å². The maximum absolute atomic E-state index is 12.2. The average Bonchev–Trinajstić information content (AvgIpc) is 0.768. The molecule has 48 nitrogen and oxygen atoms in total. The Hall–Kier alpha value is 4.92. The first-order valence-electron chi connectivity index (χ1n) is 38.9. The van der Waals surface area contributed by atoms with E-state index in [0.29, 0.717) is 0 Å². The smallest absolute Gasteiger partial charge is 0.550 e. The van der Waals surface area contributed by atoms with Gasteiger partial charge in [0, 0.05) is 69.9 Å². The molecule has 64 heteroatoms. The summed E-state index contributed by atoms with van der Waals surface area (Å²) in [6, 6.07) is 0. The number of hydrogen-bond acceptors (Lipinski definition) is 56.